The van der Waals surface area contributed by atoms with Crippen molar-refractivity contribution < 1.29 is 9.47 Å². The quantitative estimate of drug-likeness (QED) is 0.687. The Bertz CT molecular complexity index is 573. The van der Waals surface area contributed by atoms with Gasteiger partial charge in [-0.2, -0.15) is 0 Å². The molecular formula is C18H24N2O2. The monoisotopic (exact) mass is 300 g/mol. The molecule has 118 valence electrons. The Balaban J connectivity index is 1.76. The van der Waals surface area contributed by atoms with Crippen molar-refractivity contribution in [3.05, 3.63) is 48.5 Å². The molecule has 0 radical (unpaired) electrons. The topological polar surface area (TPSA) is 42.5 Å². The van der Waals surface area contributed by atoms with E-state index in [4.69, 9.17) is 9.47 Å². The van der Waals surface area contributed by atoms with Crippen molar-refractivity contribution in [3.8, 4) is 11.5 Å². The standard InChI is InChI=1S/C18H24N2O2/c1-3-12-22-18-9-5-7-16(14-18)20-11-10-19-15-6-4-8-17(13-15)21-2/h4-9,13-14,19-20H,3,10-12H2,1-2H3. The lowest BCUT2D eigenvalue weighted by Gasteiger charge is -2.11. The van der Waals surface area contributed by atoms with E-state index < -0.39 is 0 Å². The minimum Gasteiger partial charge on any atom is -0.497 e. The van der Waals surface area contributed by atoms with Crippen molar-refractivity contribution in [2.75, 3.05) is 37.4 Å². The number of rotatable bonds is 9. The SMILES string of the molecule is CCCOc1cccc(NCCNc2cccc(OC)c2)c1. The molecule has 0 fully saturated rings. The summed E-state index contributed by atoms with van der Waals surface area (Å²) in [5.74, 6) is 1.77. The van der Waals surface area contributed by atoms with Gasteiger partial charge in [-0.05, 0) is 30.7 Å². The molecular weight excluding hydrogens is 276 g/mol. The van der Waals surface area contributed by atoms with Gasteiger partial charge in [0.15, 0.2) is 0 Å². The van der Waals surface area contributed by atoms with Crippen molar-refractivity contribution >= 4 is 11.4 Å². The molecule has 0 aromatic heterocycles. The second-order valence-electron chi connectivity index (χ2n) is 4.96. The highest BCUT2D eigenvalue weighted by Crippen LogP contribution is 2.18. The minimum absolute atomic E-state index is 0.751. The van der Waals surface area contributed by atoms with E-state index in [1.54, 1.807) is 7.11 Å². The van der Waals surface area contributed by atoms with Gasteiger partial charge >= 0.3 is 0 Å². The van der Waals surface area contributed by atoms with E-state index in [0.29, 0.717) is 0 Å². The number of nitrogens with one attached hydrogen (secondary N) is 2. The summed E-state index contributed by atoms with van der Waals surface area (Å²) >= 11 is 0. The first-order valence-corrected chi connectivity index (χ1v) is 7.66. The van der Waals surface area contributed by atoms with Crippen LogP contribution in [0.5, 0.6) is 11.5 Å². The number of methoxy groups -OCH3 is 1. The summed E-state index contributed by atoms with van der Waals surface area (Å²) in [5.41, 5.74) is 2.13. The van der Waals surface area contributed by atoms with Crippen LogP contribution in [0.1, 0.15) is 13.3 Å². The molecule has 2 rings (SSSR count). The maximum Gasteiger partial charge on any atom is 0.121 e. The average Bonchev–Trinajstić information content (AvgIpc) is 2.57. The van der Waals surface area contributed by atoms with Gasteiger partial charge in [-0.1, -0.05) is 19.1 Å². The Hall–Kier alpha value is -2.36. The van der Waals surface area contributed by atoms with Crippen molar-refractivity contribution in [1.82, 2.24) is 0 Å². The zero-order chi connectivity index (χ0) is 15.6. The summed E-state index contributed by atoms with van der Waals surface area (Å²) in [6, 6.07) is 16.0. The number of anilines is 2. The molecule has 2 aromatic carbocycles. The second kappa shape index (κ2) is 8.82. The molecule has 0 heterocycles. The fourth-order valence-corrected chi connectivity index (χ4v) is 2.06. The third kappa shape index (κ3) is 5.20. The molecule has 4 nitrogen and oxygen atoms in total. The fourth-order valence-electron chi connectivity index (χ4n) is 2.06. The summed E-state index contributed by atoms with van der Waals surface area (Å²) in [4.78, 5) is 0. The van der Waals surface area contributed by atoms with Gasteiger partial charge in [-0.25, -0.2) is 0 Å². The molecule has 4 heteroatoms. The molecule has 0 saturated carbocycles. The lowest BCUT2D eigenvalue weighted by molar-refractivity contribution is 0.317. The Morgan fingerprint density at radius 1 is 0.864 bits per heavy atom. The van der Waals surface area contributed by atoms with Crippen molar-refractivity contribution in [2.45, 2.75) is 13.3 Å². The van der Waals surface area contributed by atoms with Gasteiger partial charge in [-0.15, -0.1) is 0 Å². The van der Waals surface area contributed by atoms with Crippen LogP contribution in [0.4, 0.5) is 11.4 Å². The normalized spacial score (nSPS) is 10.1. The predicted octanol–water partition coefficient (Wildman–Crippen LogP) is 4.01. The van der Waals surface area contributed by atoms with Crippen LogP contribution in [0.15, 0.2) is 48.5 Å². The van der Waals surface area contributed by atoms with E-state index in [1.807, 2.05) is 48.5 Å². The van der Waals surface area contributed by atoms with Crippen LogP contribution in [-0.2, 0) is 0 Å². The van der Waals surface area contributed by atoms with E-state index in [9.17, 15) is 0 Å². The molecule has 0 bridgehead atoms. The van der Waals surface area contributed by atoms with Gasteiger partial charge in [0.1, 0.15) is 11.5 Å². The molecule has 0 atom stereocenters. The maximum atomic E-state index is 5.63. The second-order valence-corrected chi connectivity index (χ2v) is 4.96. The Labute approximate surface area is 132 Å². The Kier molecular flexibility index (Phi) is 6.42. The maximum absolute atomic E-state index is 5.63. The van der Waals surface area contributed by atoms with E-state index >= 15 is 0 Å². The summed E-state index contributed by atoms with van der Waals surface area (Å²) in [5, 5.41) is 6.75. The number of hydrogen-bond donors (Lipinski definition) is 2. The van der Waals surface area contributed by atoms with Gasteiger partial charge in [0.05, 0.1) is 13.7 Å². The highest BCUT2D eigenvalue weighted by Gasteiger charge is 1.97. The van der Waals surface area contributed by atoms with Crippen LogP contribution in [0.3, 0.4) is 0 Å². The van der Waals surface area contributed by atoms with E-state index in [-0.39, 0.29) is 0 Å². The highest BCUT2D eigenvalue weighted by molar-refractivity contribution is 5.50. The van der Waals surface area contributed by atoms with Gasteiger partial charge in [0.2, 0.25) is 0 Å². The van der Waals surface area contributed by atoms with Crippen LogP contribution in [0.2, 0.25) is 0 Å². The molecule has 2 aromatic rings. The van der Waals surface area contributed by atoms with Crippen LogP contribution >= 0.6 is 0 Å². The summed E-state index contributed by atoms with van der Waals surface area (Å²) < 4.78 is 10.8. The van der Waals surface area contributed by atoms with Gasteiger partial charge in [0.25, 0.3) is 0 Å². The van der Waals surface area contributed by atoms with Crippen LogP contribution in [0, 0.1) is 0 Å². The van der Waals surface area contributed by atoms with Crippen LogP contribution < -0.4 is 20.1 Å². The van der Waals surface area contributed by atoms with Crippen molar-refractivity contribution in [3.63, 3.8) is 0 Å². The number of hydrogen-bond acceptors (Lipinski definition) is 4. The average molecular weight is 300 g/mol. The third-order valence-corrected chi connectivity index (χ3v) is 3.16. The number of benzene rings is 2. The molecule has 0 amide bonds. The number of ether oxygens (including phenoxy) is 2. The third-order valence-electron chi connectivity index (χ3n) is 3.16. The van der Waals surface area contributed by atoms with Crippen molar-refractivity contribution in [1.29, 1.82) is 0 Å². The molecule has 0 aliphatic rings. The lowest BCUT2D eigenvalue weighted by Crippen LogP contribution is -2.13. The van der Waals surface area contributed by atoms with Crippen molar-refractivity contribution in [2.24, 2.45) is 0 Å². The van der Waals surface area contributed by atoms with E-state index in [1.165, 1.54) is 0 Å². The van der Waals surface area contributed by atoms with E-state index in [0.717, 1.165) is 49.0 Å². The first kappa shape index (κ1) is 16.0. The Morgan fingerprint density at radius 2 is 1.45 bits per heavy atom. The van der Waals surface area contributed by atoms with Gasteiger partial charge in [0, 0.05) is 36.6 Å². The summed E-state index contributed by atoms with van der Waals surface area (Å²) in [7, 11) is 1.67. The molecule has 0 aliphatic carbocycles. The summed E-state index contributed by atoms with van der Waals surface area (Å²) in [6.45, 7) is 4.51. The smallest absolute Gasteiger partial charge is 0.121 e. The fraction of sp³-hybridized carbons (Fsp3) is 0.333. The molecule has 0 saturated heterocycles. The summed E-state index contributed by atoms with van der Waals surface area (Å²) in [6.07, 6.45) is 1.02. The molecule has 0 aliphatic heterocycles. The molecule has 0 spiro atoms. The largest absolute Gasteiger partial charge is 0.497 e. The van der Waals surface area contributed by atoms with Crippen LogP contribution in [-0.4, -0.2) is 26.8 Å². The van der Waals surface area contributed by atoms with E-state index in [2.05, 4.69) is 17.6 Å². The molecule has 22 heavy (non-hydrogen) atoms. The predicted molar refractivity (Wildman–Crippen MR) is 92.2 cm³/mol. The first-order chi connectivity index (χ1) is 10.8. The zero-order valence-electron chi connectivity index (χ0n) is 13.3. The Morgan fingerprint density at radius 3 is 2.05 bits per heavy atom. The highest BCUT2D eigenvalue weighted by atomic mass is 16.5. The molecule has 0 unspecified atom stereocenters. The molecule has 2 N–H and O–H groups in total. The van der Waals surface area contributed by atoms with Gasteiger partial charge in [-0.3, -0.25) is 0 Å². The zero-order valence-corrected chi connectivity index (χ0v) is 13.3. The van der Waals surface area contributed by atoms with Gasteiger partial charge < -0.3 is 20.1 Å². The first-order valence-electron chi connectivity index (χ1n) is 7.66. The lowest BCUT2D eigenvalue weighted by atomic mass is 10.3. The minimum atomic E-state index is 0.751. The van der Waals surface area contributed by atoms with Crippen LogP contribution in [0.25, 0.3) is 0 Å².